The largest absolute Gasteiger partial charge is 0.497 e. The van der Waals surface area contributed by atoms with Crippen molar-refractivity contribution in [2.75, 3.05) is 12.4 Å². The summed E-state index contributed by atoms with van der Waals surface area (Å²) < 4.78 is 33.6. The lowest BCUT2D eigenvalue weighted by molar-refractivity contribution is 0.415. The van der Waals surface area contributed by atoms with E-state index in [-0.39, 0.29) is 5.69 Å². The fourth-order valence-corrected chi connectivity index (χ4v) is 3.55. The van der Waals surface area contributed by atoms with Gasteiger partial charge in [0, 0.05) is 29.4 Å². The maximum absolute atomic E-state index is 14.4. The molecule has 0 radical (unpaired) electrons. The highest BCUT2D eigenvalue weighted by Crippen LogP contribution is 2.32. The third kappa shape index (κ3) is 4.21. The molecule has 5 rings (SSSR count). The SMILES string of the molecule is COc1cccc(-c2ccc3nc(-c4cccnc4)nc(Nc4cc(F)ccc4F)c3c2)c1. The first-order valence-electron chi connectivity index (χ1n) is 10.2. The molecule has 0 aliphatic rings. The summed E-state index contributed by atoms with van der Waals surface area (Å²) in [5.74, 6) is 0.366. The zero-order valence-corrected chi connectivity index (χ0v) is 17.6. The first-order chi connectivity index (χ1) is 16.1. The molecule has 5 aromatic rings. The number of halogens is 2. The van der Waals surface area contributed by atoms with Gasteiger partial charge in [0.15, 0.2) is 5.82 Å². The van der Waals surface area contributed by atoms with Gasteiger partial charge in [0.2, 0.25) is 0 Å². The number of rotatable bonds is 5. The van der Waals surface area contributed by atoms with Crippen LogP contribution >= 0.6 is 0 Å². The smallest absolute Gasteiger partial charge is 0.163 e. The van der Waals surface area contributed by atoms with Crippen LogP contribution in [0.25, 0.3) is 33.4 Å². The molecule has 5 nitrogen and oxygen atoms in total. The molecule has 0 spiro atoms. The lowest BCUT2D eigenvalue weighted by Crippen LogP contribution is -2.01. The second kappa shape index (κ2) is 8.63. The summed E-state index contributed by atoms with van der Waals surface area (Å²) in [6, 6.07) is 20.3. The maximum atomic E-state index is 14.4. The normalized spacial score (nSPS) is 10.9. The van der Waals surface area contributed by atoms with Crippen molar-refractivity contribution >= 4 is 22.4 Å². The van der Waals surface area contributed by atoms with Crippen LogP contribution in [0.15, 0.2) is 85.2 Å². The highest BCUT2D eigenvalue weighted by molar-refractivity contribution is 5.95. The summed E-state index contributed by atoms with van der Waals surface area (Å²) in [4.78, 5) is 13.4. The van der Waals surface area contributed by atoms with E-state index >= 15 is 0 Å². The number of benzene rings is 3. The number of pyridine rings is 1. The Hall–Kier alpha value is -4.39. The Kier molecular flexibility index (Phi) is 5.36. The molecule has 0 aliphatic heterocycles. The Morgan fingerprint density at radius 3 is 2.48 bits per heavy atom. The molecule has 0 saturated heterocycles. The Labute approximate surface area is 188 Å². The van der Waals surface area contributed by atoms with Gasteiger partial charge in [-0.3, -0.25) is 4.98 Å². The third-order valence-electron chi connectivity index (χ3n) is 5.20. The van der Waals surface area contributed by atoms with Gasteiger partial charge in [-0.05, 0) is 59.7 Å². The van der Waals surface area contributed by atoms with Gasteiger partial charge in [-0.2, -0.15) is 0 Å². The minimum absolute atomic E-state index is 0.0149. The fourth-order valence-electron chi connectivity index (χ4n) is 3.55. The van der Waals surface area contributed by atoms with Crippen molar-refractivity contribution in [3.05, 3.63) is 96.8 Å². The lowest BCUT2D eigenvalue weighted by atomic mass is 10.0. The number of anilines is 2. The molecule has 7 heteroatoms. The highest BCUT2D eigenvalue weighted by Gasteiger charge is 2.14. The van der Waals surface area contributed by atoms with Gasteiger partial charge in [0.05, 0.1) is 18.3 Å². The molecular formula is C26H18F2N4O. The molecule has 2 heterocycles. The van der Waals surface area contributed by atoms with Crippen molar-refractivity contribution in [3.63, 3.8) is 0 Å². The second-order valence-corrected chi connectivity index (χ2v) is 7.35. The van der Waals surface area contributed by atoms with Crippen molar-refractivity contribution in [2.45, 2.75) is 0 Å². The number of fused-ring (bicyclic) bond motifs is 1. The van der Waals surface area contributed by atoms with E-state index in [9.17, 15) is 8.78 Å². The molecule has 0 amide bonds. The van der Waals surface area contributed by atoms with Gasteiger partial charge in [-0.25, -0.2) is 18.7 Å². The summed E-state index contributed by atoms with van der Waals surface area (Å²) in [6.45, 7) is 0. The average molecular weight is 440 g/mol. The molecule has 2 aromatic heterocycles. The number of methoxy groups -OCH3 is 1. The summed E-state index contributed by atoms with van der Waals surface area (Å²) in [5.41, 5.74) is 3.19. The molecule has 3 aromatic carbocycles. The molecule has 162 valence electrons. The average Bonchev–Trinajstić information content (AvgIpc) is 2.86. The van der Waals surface area contributed by atoms with Gasteiger partial charge >= 0.3 is 0 Å². The van der Waals surface area contributed by atoms with E-state index in [2.05, 4.69) is 20.3 Å². The number of nitrogens with zero attached hydrogens (tertiary/aromatic N) is 3. The van der Waals surface area contributed by atoms with E-state index in [1.54, 1.807) is 25.6 Å². The number of hydrogen-bond donors (Lipinski definition) is 1. The maximum Gasteiger partial charge on any atom is 0.163 e. The number of hydrogen-bond acceptors (Lipinski definition) is 5. The zero-order valence-electron chi connectivity index (χ0n) is 17.6. The molecular weight excluding hydrogens is 422 g/mol. The first-order valence-corrected chi connectivity index (χ1v) is 10.2. The lowest BCUT2D eigenvalue weighted by Gasteiger charge is -2.13. The van der Waals surface area contributed by atoms with Crippen molar-refractivity contribution in [3.8, 4) is 28.3 Å². The molecule has 0 fully saturated rings. The Morgan fingerprint density at radius 2 is 1.67 bits per heavy atom. The molecule has 0 saturated carbocycles. The van der Waals surface area contributed by atoms with Crippen molar-refractivity contribution in [1.82, 2.24) is 15.0 Å². The monoisotopic (exact) mass is 440 g/mol. The summed E-state index contributed by atoms with van der Waals surface area (Å²) in [7, 11) is 1.61. The van der Waals surface area contributed by atoms with Crippen LogP contribution in [0.5, 0.6) is 5.75 Å². The molecule has 33 heavy (non-hydrogen) atoms. The van der Waals surface area contributed by atoms with Crippen molar-refractivity contribution < 1.29 is 13.5 Å². The minimum atomic E-state index is -0.588. The Morgan fingerprint density at radius 1 is 0.818 bits per heavy atom. The minimum Gasteiger partial charge on any atom is -0.497 e. The summed E-state index contributed by atoms with van der Waals surface area (Å²) >= 11 is 0. The van der Waals surface area contributed by atoms with E-state index in [0.717, 1.165) is 35.1 Å². The van der Waals surface area contributed by atoms with Crippen LogP contribution in [0, 0.1) is 11.6 Å². The summed E-state index contributed by atoms with van der Waals surface area (Å²) in [5, 5.41) is 3.62. The zero-order chi connectivity index (χ0) is 22.8. The molecule has 0 atom stereocenters. The van der Waals surface area contributed by atoms with E-state index < -0.39 is 11.6 Å². The Bertz CT molecular complexity index is 1460. The van der Waals surface area contributed by atoms with E-state index in [1.807, 2.05) is 48.5 Å². The van der Waals surface area contributed by atoms with E-state index in [1.165, 1.54) is 0 Å². The first kappa shape index (κ1) is 20.5. The number of aromatic nitrogens is 3. The van der Waals surface area contributed by atoms with Gasteiger partial charge in [0.25, 0.3) is 0 Å². The van der Waals surface area contributed by atoms with E-state index in [4.69, 9.17) is 4.74 Å². The Balaban J connectivity index is 1.69. The number of ether oxygens (including phenoxy) is 1. The summed E-state index contributed by atoms with van der Waals surface area (Å²) in [6.07, 6.45) is 3.31. The molecule has 0 aliphatic carbocycles. The van der Waals surface area contributed by atoms with Crippen LogP contribution in [-0.4, -0.2) is 22.1 Å². The van der Waals surface area contributed by atoms with Gasteiger partial charge in [-0.15, -0.1) is 0 Å². The van der Waals surface area contributed by atoms with Crippen LogP contribution in [-0.2, 0) is 0 Å². The van der Waals surface area contributed by atoms with Crippen LogP contribution in [0.2, 0.25) is 0 Å². The quantitative estimate of drug-likeness (QED) is 0.343. The van der Waals surface area contributed by atoms with Crippen LogP contribution in [0.1, 0.15) is 0 Å². The van der Waals surface area contributed by atoms with Crippen LogP contribution < -0.4 is 10.1 Å². The molecule has 1 N–H and O–H groups in total. The molecule has 0 unspecified atom stereocenters. The number of nitrogens with one attached hydrogen (secondary N) is 1. The van der Waals surface area contributed by atoms with Crippen LogP contribution in [0.4, 0.5) is 20.3 Å². The van der Waals surface area contributed by atoms with Gasteiger partial charge in [0.1, 0.15) is 23.2 Å². The predicted octanol–water partition coefficient (Wildman–Crippen LogP) is 6.39. The highest BCUT2D eigenvalue weighted by atomic mass is 19.1. The third-order valence-corrected chi connectivity index (χ3v) is 5.20. The van der Waals surface area contributed by atoms with Crippen molar-refractivity contribution in [2.24, 2.45) is 0 Å². The van der Waals surface area contributed by atoms with Crippen molar-refractivity contribution in [1.29, 1.82) is 0 Å². The van der Waals surface area contributed by atoms with Crippen LogP contribution in [0.3, 0.4) is 0 Å². The fraction of sp³-hybridized carbons (Fsp3) is 0.0385. The van der Waals surface area contributed by atoms with Gasteiger partial charge in [-0.1, -0.05) is 18.2 Å². The van der Waals surface area contributed by atoms with Gasteiger partial charge < -0.3 is 10.1 Å². The van der Waals surface area contributed by atoms with E-state index in [0.29, 0.717) is 28.1 Å². The molecule has 0 bridgehead atoms. The second-order valence-electron chi connectivity index (χ2n) is 7.35. The predicted molar refractivity (Wildman–Crippen MR) is 124 cm³/mol. The standard InChI is InChI=1S/C26H18F2N4O/c1-33-20-6-2-4-16(12-20)17-7-10-23-21(13-17)26(31-24-14-19(27)8-9-22(24)28)32-25(30-23)18-5-3-11-29-15-18/h2-15H,1H3,(H,30,31,32). The topological polar surface area (TPSA) is 59.9 Å².